The largest absolute Gasteiger partial charge is 0.482 e. The number of nitrogens with two attached hydrogens (primary N) is 1. The summed E-state index contributed by atoms with van der Waals surface area (Å²) in [5, 5.41) is 4.95. The first kappa shape index (κ1) is 12.2. The van der Waals surface area contributed by atoms with E-state index in [2.05, 4.69) is 9.59 Å². The highest BCUT2D eigenvalue weighted by atomic mass is 35.5. The maximum Gasteiger partial charge on any atom is 0.265 e. The van der Waals surface area contributed by atoms with Gasteiger partial charge in [0.05, 0.1) is 12.2 Å². The number of aromatic nitrogens is 2. The van der Waals surface area contributed by atoms with Gasteiger partial charge in [0.25, 0.3) is 5.91 Å². The number of rotatable bonds is 2. The van der Waals surface area contributed by atoms with E-state index in [9.17, 15) is 4.79 Å². The van der Waals surface area contributed by atoms with Crippen molar-refractivity contribution in [1.82, 2.24) is 9.59 Å². The van der Waals surface area contributed by atoms with Gasteiger partial charge >= 0.3 is 0 Å². The lowest BCUT2D eigenvalue weighted by atomic mass is 10.2. The monoisotopic (exact) mass is 296 g/mol. The van der Waals surface area contributed by atoms with Crippen molar-refractivity contribution in [3.63, 3.8) is 0 Å². The average Bonchev–Trinajstić information content (AvgIpc) is 2.79. The average molecular weight is 297 g/mol. The van der Waals surface area contributed by atoms with Gasteiger partial charge in [0.2, 0.25) is 0 Å². The normalized spacial score (nSPS) is 14.2. The third-order valence-electron chi connectivity index (χ3n) is 2.76. The van der Waals surface area contributed by atoms with Gasteiger partial charge in [-0.15, -0.1) is 5.10 Å². The molecule has 0 bridgehead atoms. The fraction of sp³-hybridized carbons (Fsp3) is 0.182. The van der Waals surface area contributed by atoms with Crippen molar-refractivity contribution in [2.24, 2.45) is 0 Å². The first-order valence-corrected chi connectivity index (χ1v) is 6.59. The fourth-order valence-corrected chi connectivity index (χ4v) is 2.43. The lowest BCUT2D eigenvalue weighted by Gasteiger charge is -2.28. The van der Waals surface area contributed by atoms with E-state index in [-0.39, 0.29) is 19.1 Å². The van der Waals surface area contributed by atoms with Crippen molar-refractivity contribution in [1.29, 1.82) is 0 Å². The van der Waals surface area contributed by atoms with Crippen molar-refractivity contribution in [3.05, 3.63) is 28.9 Å². The minimum absolute atomic E-state index is 0.00783. The Balaban J connectivity index is 1.99. The smallest absolute Gasteiger partial charge is 0.265 e. The van der Waals surface area contributed by atoms with Gasteiger partial charge in [0.1, 0.15) is 16.4 Å². The number of nitrogens with zero attached hydrogens (tertiary/aromatic N) is 3. The Morgan fingerprint density at radius 3 is 3.11 bits per heavy atom. The Bertz CT molecular complexity index is 645. The summed E-state index contributed by atoms with van der Waals surface area (Å²) in [4.78, 5) is 13.5. The second kappa shape index (κ2) is 4.67. The molecule has 0 atom stereocenters. The number of fused-ring (bicyclic) bond motifs is 1. The van der Waals surface area contributed by atoms with E-state index < -0.39 is 0 Å². The molecule has 98 valence electrons. The first-order valence-electron chi connectivity index (χ1n) is 5.44. The van der Waals surface area contributed by atoms with Crippen LogP contribution in [0.1, 0.15) is 5.69 Å². The lowest BCUT2D eigenvalue weighted by molar-refractivity contribution is -0.121. The summed E-state index contributed by atoms with van der Waals surface area (Å²) in [7, 11) is 0. The molecule has 1 aromatic heterocycles. The molecule has 19 heavy (non-hydrogen) atoms. The van der Waals surface area contributed by atoms with Crippen LogP contribution in [0.2, 0.25) is 5.02 Å². The molecule has 0 saturated carbocycles. The third kappa shape index (κ3) is 2.22. The molecule has 0 unspecified atom stereocenters. The van der Waals surface area contributed by atoms with Crippen molar-refractivity contribution in [3.8, 4) is 5.75 Å². The zero-order valence-corrected chi connectivity index (χ0v) is 11.2. The number of nitrogen functional groups attached to an aromatic ring is 1. The maximum absolute atomic E-state index is 12.0. The van der Waals surface area contributed by atoms with E-state index >= 15 is 0 Å². The third-order valence-corrected chi connectivity index (χ3v) is 3.59. The molecule has 2 N–H and O–H groups in total. The summed E-state index contributed by atoms with van der Waals surface area (Å²) in [5.41, 5.74) is 6.95. The zero-order valence-electron chi connectivity index (χ0n) is 9.67. The number of anilines is 2. The molecule has 8 heteroatoms. The fourth-order valence-electron chi connectivity index (χ4n) is 1.82. The Kier molecular flexibility index (Phi) is 3.00. The number of benzene rings is 1. The van der Waals surface area contributed by atoms with E-state index in [0.29, 0.717) is 27.2 Å². The van der Waals surface area contributed by atoms with Gasteiger partial charge in [-0.2, -0.15) is 0 Å². The summed E-state index contributed by atoms with van der Waals surface area (Å²) in [6.45, 7) is 0.254. The summed E-state index contributed by atoms with van der Waals surface area (Å²) < 4.78 is 9.11. The molecule has 0 fully saturated rings. The molecule has 0 spiro atoms. The van der Waals surface area contributed by atoms with Crippen LogP contribution in [0.15, 0.2) is 18.2 Å². The Labute approximate surface area is 117 Å². The predicted molar refractivity (Wildman–Crippen MR) is 72.5 cm³/mol. The number of carbonyl (C=O) groups excluding carboxylic acids is 1. The van der Waals surface area contributed by atoms with E-state index in [1.807, 2.05) is 0 Å². The van der Waals surface area contributed by atoms with Crippen LogP contribution >= 0.6 is 23.1 Å². The molecule has 1 aromatic carbocycles. The van der Waals surface area contributed by atoms with Crippen molar-refractivity contribution >= 4 is 39.7 Å². The van der Waals surface area contributed by atoms with Crippen molar-refractivity contribution in [2.75, 3.05) is 17.2 Å². The Hall–Kier alpha value is -1.86. The SMILES string of the molecule is Nc1snnc1CN1C(=O)COc2ccc(Cl)cc21. The molecule has 2 heterocycles. The molecular formula is C11H9ClN4O2S. The Morgan fingerprint density at radius 2 is 2.37 bits per heavy atom. The number of halogens is 1. The van der Waals surface area contributed by atoms with Gasteiger partial charge in [-0.05, 0) is 18.2 Å². The molecule has 0 saturated heterocycles. The van der Waals surface area contributed by atoms with E-state index in [1.165, 1.54) is 0 Å². The number of hydrogen-bond acceptors (Lipinski definition) is 6. The van der Waals surface area contributed by atoms with Crippen molar-refractivity contribution in [2.45, 2.75) is 6.54 Å². The minimum Gasteiger partial charge on any atom is -0.482 e. The van der Waals surface area contributed by atoms with Crippen LogP contribution in [0.25, 0.3) is 0 Å². The van der Waals surface area contributed by atoms with Gasteiger partial charge in [-0.3, -0.25) is 9.69 Å². The van der Waals surface area contributed by atoms with Crippen LogP contribution in [0, 0.1) is 0 Å². The predicted octanol–water partition coefficient (Wildman–Crippen LogP) is 1.70. The van der Waals surface area contributed by atoms with Crippen LogP contribution < -0.4 is 15.4 Å². The second-order valence-corrected chi connectivity index (χ2v) is 5.19. The van der Waals surface area contributed by atoms with Crippen LogP contribution in [0.3, 0.4) is 0 Å². The topological polar surface area (TPSA) is 81.3 Å². The molecule has 6 nitrogen and oxygen atoms in total. The zero-order chi connectivity index (χ0) is 13.4. The lowest BCUT2D eigenvalue weighted by Crippen LogP contribution is -2.38. The van der Waals surface area contributed by atoms with E-state index in [1.54, 1.807) is 23.1 Å². The molecule has 1 aliphatic heterocycles. The number of carbonyl (C=O) groups is 1. The Morgan fingerprint density at radius 1 is 1.53 bits per heavy atom. The van der Waals surface area contributed by atoms with Crippen LogP contribution in [-0.2, 0) is 11.3 Å². The van der Waals surface area contributed by atoms with Crippen LogP contribution in [-0.4, -0.2) is 22.1 Å². The number of ether oxygens (including phenoxy) is 1. The standard InChI is InChI=1S/C11H9ClN4O2S/c12-6-1-2-9-8(3-6)16(10(17)5-18-9)4-7-11(13)19-15-14-7/h1-3H,4-5,13H2. The summed E-state index contributed by atoms with van der Waals surface area (Å²) >= 11 is 7.06. The number of hydrogen-bond donors (Lipinski definition) is 1. The highest BCUT2D eigenvalue weighted by molar-refractivity contribution is 7.09. The van der Waals surface area contributed by atoms with Gasteiger partial charge in [0.15, 0.2) is 6.61 Å². The summed E-state index contributed by atoms with van der Waals surface area (Å²) in [6, 6.07) is 5.14. The molecule has 0 aliphatic carbocycles. The van der Waals surface area contributed by atoms with E-state index in [4.69, 9.17) is 22.1 Å². The van der Waals surface area contributed by atoms with Gasteiger partial charge in [0, 0.05) is 16.6 Å². The molecule has 0 radical (unpaired) electrons. The summed E-state index contributed by atoms with van der Waals surface area (Å²) in [5.74, 6) is 0.452. The van der Waals surface area contributed by atoms with Crippen molar-refractivity contribution < 1.29 is 9.53 Å². The number of amides is 1. The van der Waals surface area contributed by atoms with Gasteiger partial charge < -0.3 is 10.5 Å². The summed E-state index contributed by atoms with van der Waals surface area (Å²) in [6.07, 6.45) is 0. The first-order chi connectivity index (χ1) is 9.15. The second-order valence-electron chi connectivity index (χ2n) is 3.96. The molecule has 2 aromatic rings. The molecule has 1 aliphatic rings. The highest BCUT2D eigenvalue weighted by Gasteiger charge is 2.27. The molecule has 1 amide bonds. The van der Waals surface area contributed by atoms with Gasteiger partial charge in [-0.1, -0.05) is 16.1 Å². The molecular weight excluding hydrogens is 288 g/mol. The maximum atomic E-state index is 12.0. The minimum atomic E-state index is -0.165. The van der Waals surface area contributed by atoms with Crippen LogP contribution in [0.5, 0.6) is 5.75 Å². The van der Waals surface area contributed by atoms with Gasteiger partial charge in [-0.25, -0.2) is 0 Å². The van der Waals surface area contributed by atoms with E-state index in [0.717, 1.165) is 11.5 Å². The van der Waals surface area contributed by atoms with Crippen LogP contribution in [0.4, 0.5) is 10.7 Å². The highest BCUT2D eigenvalue weighted by Crippen LogP contribution is 2.35. The molecule has 3 rings (SSSR count). The quantitative estimate of drug-likeness (QED) is 0.912.